The summed E-state index contributed by atoms with van der Waals surface area (Å²) in [5.41, 5.74) is 5.31. The average Bonchev–Trinajstić information content (AvgIpc) is 2.10. The quantitative estimate of drug-likeness (QED) is 0.410. The smallest absolute Gasteiger partial charge is 0.0905 e. The molecule has 4 nitrogen and oxygen atoms in total. The van der Waals surface area contributed by atoms with Crippen molar-refractivity contribution in [2.75, 3.05) is 19.6 Å². The van der Waals surface area contributed by atoms with Crippen LogP contribution in [0, 0.1) is 5.41 Å². The number of nitrogens with one attached hydrogen (secondary N) is 1. The molecule has 0 aliphatic carbocycles. The number of hydrogen-bond donors (Lipinski definition) is 2. The highest BCUT2D eigenvalue weighted by molar-refractivity contribution is 5.76. The van der Waals surface area contributed by atoms with Crippen LogP contribution in [-0.2, 0) is 4.74 Å². The van der Waals surface area contributed by atoms with Crippen LogP contribution in [0.25, 0.3) is 0 Å². The predicted octanol–water partition coefficient (Wildman–Crippen LogP) is 1.20. The van der Waals surface area contributed by atoms with Gasteiger partial charge in [0.2, 0.25) is 0 Å². The molecule has 0 aromatic carbocycles. The fourth-order valence-electron chi connectivity index (χ4n) is 2.12. The molecule has 4 heteroatoms. The van der Waals surface area contributed by atoms with Gasteiger partial charge in [0, 0.05) is 19.5 Å². The van der Waals surface area contributed by atoms with Crippen molar-refractivity contribution < 1.29 is 4.74 Å². The van der Waals surface area contributed by atoms with Crippen LogP contribution in [-0.4, -0.2) is 42.6 Å². The van der Waals surface area contributed by atoms with Gasteiger partial charge < -0.3 is 10.5 Å². The number of unbranched alkanes of at least 4 members (excludes halogenated alkanes) is 1. The third-order valence-electron chi connectivity index (χ3n) is 2.67. The lowest BCUT2D eigenvalue weighted by molar-refractivity contribution is -0.0681. The van der Waals surface area contributed by atoms with E-state index in [9.17, 15) is 0 Å². The van der Waals surface area contributed by atoms with Crippen LogP contribution in [0.4, 0.5) is 0 Å². The Kier molecular flexibility index (Phi) is 5.05. The Balaban J connectivity index is 2.12. The zero-order valence-electron chi connectivity index (χ0n) is 9.83. The number of rotatable bonds is 5. The number of hydrogen-bond acceptors (Lipinski definition) is 3. The van der Waals surface area contributed by atoms with E-state index in [0.717, 1.165) is 38.9 Å². The zero-order chi connectivity index (χ0) is 11.3. The molecule has 88 valence electrons. The van der Waals surface area contributed by atoms with Crippen LogP contribution in [0.2, 0.25) is 0 Å². The van der Waals surface area contributed by atoms with E-state index in [1.165, 1.54) is 0 Å². The van der Waals surface area contributed by atoms with Crippen molar-refractivity contribution in [2.45, 2.75) is 45.3 Å². The number of amidine groups is 1. The monoisotopic (exact) mass is 213 g/mol. The van der Waals surface area contributed by atoms with E-state index in [1.807, 2.05) is 0 Å². The molecule has 15 heavy (non-hydrogen) atoms. The Morgan fingerprint density at radius 3 is 2.47 bits per heavy atom. The summed E-state index contributed by atoms with van der Waals surface area (Å²) in [6.45, 7) is 7.41. The largest absolute Gasteiger partial charge is 0.388 e. The van der Waals surface area contributed by atoms with Crippen molar-refractivity contribution in [3.8, 4) is 0 Å². The SMILES string of the molecule is CC1CN(CCCCC(=N)N)CC(C)O1. The third kappa shape index (κ3) is 5.14. The van der Waals surface area contributed by atoms with Crippen molar-refractivity contribution in [2.24, 2.45) is 5.73 Å². The molecule has 0 spiro atoms. The Labute approximate surface area is 92.3 Å². The molecule has 0 radical (unpaired) electrons. The first kappa shape index (κ1) is 12.5. The maximum absolute atomic E-state index is 7.13. The Bertz CT molecular complexity index is 198. The first-order valence-corrected chi connectivity index (χ1v) is 5.78. The van der Waals surface area contributed by atoms with Crippen molar-refractivity contribution >= 4 is 5.84 Å². The second kappa shape index (κ2) is 6.08. The fraction of sp³-hybridized carbons (Fsp3) is 0.909. The van der Waals surface area contributed by atoms with Crippen molar-refractivity contribution in [3.05, 3.63) is 0 Å². The van der Waals surface area contributed by atoms with E-state index in [2.05, 4.69) is 18.7 Å². The molecule has 0 bridgehead atoms. The summed E-state index contributed by atoms with van der Waals surface area (Å²) in [5.74, 6) is 0.304. The van der Waals surface area contributed by atoms with Crippen molar-refractivity contribution in [1.29, 1.82) is 5.41 Å². The number of morpholine rings is 1. The lowest BCUT2D eigenvalue weighted by Crippen LogP contribution is -2.45. The molecule has 0 saturated carbocycles. The van der Waals surface area contributed by atoms with Gasteiger partial charge in [-0.05, 0) is 33.2 Å². The van der Waals surface area contributed by atoms with E-state index in [4.69, 9.17) is 15.9 Å². The summed E-state index contributed by atoms with van der Waals surface area (Å²) < 4.78 is 5.67. The van der Waals surface area contributed by atoms with E-state index < -0.39 is 0 Å². The normalized spacial score (nSPS) is 27.9. The van der Waals surface area contributed by atoms with Gasteiger partial charge in [-0.3, -0.25) is 10.3 Å². The molecule has 2 atom stereocenters. The molecule has 1 fully saturated rings. The van der Waals surface area contributed by atoms with Gasteiger partial charge in [-0.1, -0.05) is 0 Å². The first-order valence-electron chi connectivity index (χ1n) is 5.78. The molecule has 1 saturated heterocycles. The van der Waals surface area contributed by atoms with Gasteiger partial charge in [0.05, 0.1) is 18.0 Å². The molecular weight excluding hydrogens is 190 g/mol. The lowest BCUT2D eigenvalue weighted by Gasteiger charge is -2.35. The molecule has 1 rings (SSSR count). The van der Waals surface area contributed by atoms with Gasteiger partial charge in [0.25, 0.3) is 0 Å². The van der Waals surface area contributed by atoms with E-state index >= 15 is 0 Å². The zero-order valence-corrected chi connectivity index (χ0v) is 9.83. The second-order valence-corrected chi connectivity index (χ2v) is 4.50. The molecule has 1 aliphatic heterocycles. The fourth-order valence-corrected chi connectivity index (χ4v) is 2.12. The minimum absolute atomic E-state index is 0.304. The van der Waals surface area contributed by atoms with E-state index in [1.54, 1.807) is 0 Å². The van der Waals surface area contributed by atoms with Crippen molar-refractivity contribution in [3.63, 3.8) is 0 Å². The Morgan fingerprint density at radius 1 is 1.33 bits per heavy atom. The first-order chi connectivity index (χ1) is 7.08. The molecule has 3 N–H and O–H groups in total. The van der Waals surface area contributed by atoms with Gasteiger partial charge >= 0.3 is 0 Å². The van der Waals surface area contributed by atoms with E-state index in [-0.39, 0.29) is 0 Å². The van der Waals surface area contributed by atoms with Gasteiger partial charge in [-0.2, -0.15) is 0 Å². The molecule has 0 amide bonds. The van der Waals surface area contributed by atoms with Gasteiger partial charge in [0.15, 0.2) is 0 Å². The third-order valence-corrected chi connectivity index (χ3v) is 2.67. The maximum Gasteiger partial charge on any atom is 0.0905 e. The summed E-state index contributed by atoms with van der Waals surface area (Å²) in [5, 5.41) is 7.13. The summed E-state index contributed by atoms with van der Waals surface area (Å²) in [4.78, 5) is 2.44. The molecule has 0 aromatic heterocycles. The lowest BCUT2D eigenvalue weighted by atomic mass is 10.2. The van der Waals surface area contributed by atoms with Crippen LogP contribution in [0.15, 0.2) is 0 Å². The number of nitrogens with two attached hydrogens (primary N) is 1. The number of nitrogens with zero attached hydrogens (tertiary/aromatic N) is 1. The van der Waals surface area contributed by atoms with Crippen LogP contribution < -0.4 is 5.73 Å². The Morgan fingerprint density at radius 2 is 1.93 bits per heavy atom. The highest BCUT2D eigenvalue weighted by Gasteiger charge is 2.21. The van der Waals surface area contributed by atoms with Crippen LogP contribution in [0.1, 0.15) is 33.1 Å². The van der Waals surface area contributed by atoms with Crippen LogP contribution >= 0.6 is 0 Å². The molecular formula is C11H23N3O. The van der Waals surface area contributed by atoms with E-state index in [0.29, 0.717) is 18.0 Å². The van der Waals surface area contributed by atoms with Crippen LogP contribution in [0.3, 0.4) is 0 Å². The Hall–Kier alpha value is -0.610. The summed E-state index contributed by atoms with van der Waals surface area (Å²) >= 11 is 0. The van der Waals surface area contributed by atoms with Gasteiger partial charge in [-0.25, -0.2) is 0 Å². The minimum Gasteiger partial charge on any atom is -0.388 e. The summed E-state index contributed by atoms with van der Waals surface area (Å²) in [6, 6.07) is 0. The molecule has 2 unspecified atom stereocenters. The highest BCUT2D eigenvalue weighted by atomic mass is 16.5. The summed E-state index contributed by atoms with van der Waals surface area (Å²) in [7, 11) is 0. The van der Waals surface area contributed by atoms with Gasteiger partial charge in [-0.15, -0.1) is 0 Å². The summed E-state index contributed by atoms with van der Waals surface area (Å²) in [6.07, 6.45) is 3.58. The predicted molar refractivity (Wildman–Crippen MR) is 62.2 cm³/mol. The van der Waals surface area contributed by atoms with Crippen LogP contribution in [0.5, 0.6) is 0 Å². The molecule has 1 aliphatic rings. The van der Waals surface area contributed by atoms with Gasteiger partial charge in [0.1, 0.15) is 0 Å². The molecule has 1 heterocycles. The highest BCUT2D eigenvalue weighted by Crippen LogP contribution is 2.11. The second-order valence-electron chi connectivity index (χ2n) is 4.50. The maximum atomic E-state index is 7.13. The van der Waals surface area contributed by atoms with Crippen molar-refractivity contribution in [1.82, 2.24) is 4.90 Å². The average molecular weight is 213 g/mol. The topological polar surface area (TPSA) is 62.3 Å². The minimum atomic E-state index is 0.304. The standard InChI is InChI=1S/C11H23N3O/c1-9-7-14(8-10(2)15-9)6-4-3-5-11(12)13/h9-10H,3-8H2,1-2H3,(H3,12,13). The molecule has 0 aromatic rings. The number of ether oxygens (including phenoxy) is 1.